The topological polar surface area (TPSA) is 12.0 Å². The smallest absolute Gasteiger partial charge is 0.104 e. The lowest BCUT2D eigenvalue weighted by Gasteiger charge is -2.33. The molecule has 0 aromatic rings. The molecular weight excluding hydrogens is 165 g/mol. The largest absolute Gasteiger partial charge is 0.309 e. The number of alkyl halides is 1. The maximum Gasteiger partial charge on any atom is 0.104 e. The fourth-order valence-electron chi connectivity index (χ4n) is 2.15. The maximum absolute atomic E-state index is 12.3. The minimum Gasteiger partial charge on any atom is -0.309 e. The van der Waals surface area contributed by atoms with Gasteiger partial charge < -0.3 is 5.32 Å². The summed E-state index contributed by atoms with van der Waals surface area (Å²) in [4.78, 5) is 0. The van der Waals surface area contributed by atoms with Gasteiger partial charge in [0.05, 0.1) is 0 Å². The van der Waals surface area contributed by atoms with Crippen molar-refractivity contribution < 1.29 is 4.39 Å². The van der Waals surface area contributed by atoms with Crippen LogP contribution in [-0.4, -0.2) is 18.8 Å². The molecule has 0 aromatic carbocycles. The van der Waals surface area contributed by atoms with Crippen LogP contribution in [0.1, 0.15) is 40.0 Å². The molecule has 1 aliphatic carbocycles. The summed E-state index contributed by atoms with van der Waals surface area (Å²) in [5.41, 5.74) is 0. The second kappa shape index (κ2) is 4.94. The molecule has 1 saturated carbocycles. The summed E-state index contributed by atoms with van der Waals surface area (Å²) in [7, 11) is 0. The van der Waals surface area contributed by atoms with Gasteiger partial charge in [-0.3, -0.25) is 0 Å². The highest BCUT2D eigenvalue weighted by molar-refractivity contribution is 4.81. The summed E-state index contributed by atoms with van der Waals surface area (Å²) in [6, 6.07) is 0.586. The van der Waals surface area contributed by atoms with Gasteiger partial charge in [0, 0.05) is 12.1 Å². The summed E-state index contributed by atoms with van der Waals surface area (Å²) < 4.78 is 12.3. The van der Waals surface area contributed by atoms with Crippen molar-refractivity contribution in [2.75, 3.05) is 6.67 Å². The molecule has 0 saturated heterocycles. The van der Waals surface area contributed by atoms with Crippen molar-refractivity contribution in [3.8, 4) is 0 Å². The monoisotopic (exact) mass is 187 g/mol. The fraction of sp³-hybridized carbons (Fsp3) is 1.00. The van der Waals surface area contributed by atoms with Gasteiger partial charge in [0.1, 0.15) is 6.67 Å². The molecule has 0 amide bonds. The Morgan fingerprint density at radius 2 is 2.00 bits per heavy atom. The summed E-state index contributed by atoms with van der Waals surface area (Å²) in [6.07, 6.45) is 3.72. The molecule has 0 radical (unpaired) electrons. The number of nitrogens with one attached hydrogen (secondary N) is 1. The van der Waals surface area contributed by atoms with Crippen LogP contribution in [0, 0.1) is 11.8 Å². The highest BCUT2D eigenvalue weighted by Crippen LogP contribution is 2.29. The lowest BCUT2D eigenvalue weighted by molar-refractivity contribution is 0.210. The second-order valence-corrected chi connectivity index (χ2v) is 4.69. The van der Waals surface area contributed by atoms with E-state index in [2.05, 4.69) is 19.2 Å². The van der Waals surface area contributed by atoms with Crippen molar-refractivity contribution in [1.29, 1.82) is 0 Å². The Morgan fingerprint density at radius 3 is 2.54 bits per heavy atom. The van der Waals surface area contributed by atoms with Gasteiger partial charge in [-0.2, -0.15) is 0 Å². The molecule has 0 bridgehead atoms. The molecule has 1 nitrogen and oxygen atoms in total. The molecular formula is C11H22FN. The molecule has 4 unspecified atom stereocenters. The van der Waals surface area contributed by atoms with E-state index in [1.807, 2.05) is 6.92 Å². The number of hydrogen-bond acceptors (Lipinski definition) is 1. The molecule has 13 heavy (non-hydrogen) atoms. The SMILES string of the molecule is CC(CF)NC1CCC(C)C(C)C1. The van der Waals surface area contributed by atoms with E-state index in [1.54, 1.807) is 0 Å². The van der Waals surface area contributed by atoms with E-state index in [4.69, 9.17) is 0 Å². The molecule has 0 aliphatic heterocycles. The first-order valence-corrected chi connectivity index (χ1v) is 5.45. The van der Waals surface area contributed by atoms with Crippen LogP contribution in [0.3, 0.4) is 0 Å². The zero-order valence-corrected chi connectivity index (χ0v) is 9.02. The Bertz CT molecular complexity index is 147. The number of rotatable bonds is 3. The molecule has 0 aromatic heterocycles. The third-order valence-corrected chi connectivity index (χ3v) is 3.35. The lowest BCUT2D eigenvalue weighted by atomic mass is 9.79. The first kappa shape index (κ1) is 11.0. The van der Waals surface area contributed by atoms with Gasteiger partial charge in [-0.05, 0) is 38.0 Å². The molecule has 78 valence electrons. The zero-order valence-electron chi connectivity index (χ0n) is 9.02. The number of hydrogen-bond donors (Lipinski definition) is 1. The summed E-state index contributed by atoms with van der Waals surface area (Å²) in [5, 5.41) is 3.34. The molecule has 0 heterocycles. The Labute approximate surface area is 81.1 Å². The van der Waals surface area contributed by atoms with Crippen molar-refractivity contribution in [2.45, 2.75) is 52.1 Å². The Kier molecular flexibility index (Phi) is 4.17. The van der Waals surface area contributed by atoms with Gasteiger partial charge in [0.2, 0.25) is 0 Å². The van der Waals surface area contributed by atoms with E-state index in [1.165, 1.54) is 19.3 Å². The molecule has 1 rings (SSSR count). The fourth-order valence-corrected chi connectivity index (χ4v) is 2.15. The van der Waals surface area contributed by atoms with Crippen molar-refractivity contribution in [3.63, 3.8) is 0 Å². The van der Waals surface area contributed by atoms with Crippen LogP contribution in [0.25, 0.3) is 0 Å². The van der Waals surface area contributed by atoms with Crippen LogP contribution in [0.2, 0.25) is 0 Å². The molecule has 1 aliphatic rings. The van der Waals surface area contributed by atoms with E-state index in [9.17, 15) is 4.39 Å². The van der Waals surface area contributed by atoms with Gasteiger partial charge in [-0.15, -0.1) is 0 Å². The molecule has 1 fully saturated rings. The second-order valence-electron chi connectivity index (χ2n) is 4.69. The minimum atomic E-state index is -0.250. The van der Waals surface area contributed by atoms with E-state index >= 15 is 0 Å². The Balaban J connectivity index is 2.29. The minimum absolute atomic E-state index is 0.0330. The molecule has 0 spiro atoms. The van der Waals surface area contributed by atoms with Crippen LogP contribution in [0.4, 0.5) is 4.39 Å². The van der Waals surface area contributed by atoms with Gasteiger partial charge in [-0.1, -0.05) is 13.8 Å². The highest BCUT2D eigenvalue weighted by atomic mass is 19.1. The predicted molar refractivity (Wildman–Crippen MR) is 54.5 cm³/mol. The predicted octanol–water partition coefficient (Wildman–Crippen LogP) is 2.76. The highest BCUT2D eigenvalue weighted by Gasteiger charge is 2.24. The number of halogens is 1. The van der Waals surface area contributed by atoms with E-state index in [0.717, 1.165) is 11.8 Å². The van der Waals surface area contributed by atoms with Crippen molar-refractivity contribution in [1.82, 2.24) is 5.32 Å². The van der Waals surface area contributed by atoms with Crippen LogP contribution >= 0.6 is 0 Å². The van der Waals surface area contributed by atoms with E-state index in [0.29, 0.717) is 6.04 Å². The van der Waals surface area contributed by atoms with Crippen LogP contribution < -0.4 is 5.32 Å². The first-order valence-electron chi connectivity index (χ1n) is 5.45. The van der Waals surface area contributed by atoms with Crippen molar-refractivity contribution >= 4 is 0 Å². The van der Waals surface area contributed by atoms with Crippen LogP contribution in [-0.2, 0) is 0 Å². The Morgan fingerprint density at radius 1 is 1.31 bits per heavy atom. The third kappa shape index (κ3) is 3.26. The average molecular weight is 187 g/mol. The summed E-state index contributed by atoms with van der Waals surface area (Å²) in [5.74, 6) is 1.64. The van der Waals surface area contributed by atoms with Crippen molar-refractivity contribution in [2.24, 2.45) is 11.8 Å². The van der Waals surface area contributed by atoms with Crippen LogP contribution in [0.5, 0.6) is 0 Å². The molecule has 4 atom stereocenters. The van der Waals surface area contributed by atoms with Gasteiger partial charge in [0.25, 0.3) is 0 Å². The van der Waals surface area contributed by atoms with E-state index < -0.39 is 0 Å². The van der Waals surface area contributed by atoms with Gasteiger partial charge >= 0.3 is 0 Å². The van der Waals surface area contributed by atoms with Gasteiger partial charge in [-0.25, -0.2) is 4.39 Å². The average Bonchev–Trinajstić information content (AvgIpc) is 2.11. The Hall–Kier alpha value is -0.110. The molecule has 1 N–H and O–H groups in total. The van der Waals surface area contributed by atoms with Crippen molar-refractivity contribution in [3.05, 3.63) is 0 Å². The maximum atomic E-state index is 12.3. The quantitative estimate of drug-likeness (QED) is 0.716. The first-order chi connectivity index (χ1) is 6.13. The van der Waals surface area contributed by atoms with Crippen LogP contribution in [0.15, 0.2) is 0 Å². The van der Waals surface area contributed by atoms with E-state index in [-0.39, 0.29) is 12.7 Å². The summed E-state index contributed by atoms with van der Waals surface area (Å²) in [6.45, 7) is 6.29. The molecule has 2 heteroatoms. The third-order valence-electron chi connectivity index (χ3n) is 3.35. The standard InChI is InChI=1S/C11H22FN/c1-8-4-5-11(6-9(8)2)13-10(3)7-12/h8-11,13H,4-7H2,1-3H3. The van der Waals surface area contributed by atoms with Gasteiger partial charge in [0.15, 0.2) is 0 Å². The zero-order chi connectivity index (χ0) is 9.84. The normalized spacial score (nSPS) is 37.4. The lowest BCUT2D eigenvalue weighted by Crippen LogP contribution is -2.41. The summed E-state index contributed by atoms with van der Waals surface area (Å²) >= 11 is 0.